The Labute approximate surface area is 89.3 Å². The lowest BCUT2D eigenvalue weighted by Gasteiger charge is -2.15. The van der Waals surface area contributed by atoms with Crippen LogP contribution in [0.2, 0.25) is 0 Å². The fraction of sp³-hybridized carbons (Fsp3) is 0.333. The van der Waals surface area contributed by atoms with Gasteiger partial charge in [0.25, 0.3) is 0 Å². The van der Waals surface area contributed by atoms with Crippen molar-refractivity contribution < 1.29 is 14.6 Å². The molecule has 0 spiro atoms. The topological polar surface area (TPSA) is 31.5 Å². The molecule has 86 valence electrons. The number of rotatable bonds is 2. The van der Waals surface area contributed by atoms with Gasteiger partial charge < -0.3 is 5.48 Å². The van der Waals surface area contributed by atoms with E-state index < -0.39 is 5.67 Å². The van der Waals surface area contributed by atoms with Crippen molar-refractivity contribution in [3.05, 3.63) is 42.0 Å². The molecule has 0 saturated heterocycles. The summed E-state index contributed by atoms with van der Waals surface area (Å²) in [5, 5.41) is 0. The lowest BCUT2D eigenvalue weighted by Crippen LogP contribution is -2.08. The first-order valence-electron chi connectivity index (χ1n) is 4.36. The lowest BCUT2D eigenvalue weighted by atomic mass is 9.96. The average Bonchev–Trinajstić information content (AvgIpc) is 2.03. The summed E-state index contributed by atoms with van der Waals surface area (Å²) < 4.78 is 13.5. The maximum atomic E-state index is 13.5. The first kappa shape index (κ1) is 16.2. The third kappa shape index (κ3) is 4.21. The summed E-state index contributed by atoms with van der Waals surface area (Å²) in [5.74, 6) is 0. The van der Waals surface area contributed by atoms with E-state index in [9.17, 15) is 4.39 Å². The monoisotopic (exact) mass is 216 g/mol. The van der Waals surface area contributed by atoms with Crippen LogP contribution in [0, 0.1) is 0 Å². The summed E-state index contributed by atoms with van der Waals surface area (Å²) >= 11 is 0. The zero-order chi connectivity index (χ0) is 10.1. The molecular formula is C12H18F2O. The van der Waals surface area contributed by atoms with Crippen LogP contribution in [-0.4, -0.2) is 5.48 Å². The van der Waals surface area contributed by atoms with E-state index in [-0.39, 0.29) is 10.2 Å². The molecule has 0 amide bonds. The highest BCUT2D eigenvalue weighted by Crippen LogP contribution is 2.26. The van der Waals surface area contributed by atoms with Gasteiger partial charge in [-0.3, -0.25) is 4.70 Å². The summed E-state index contributed by atoms with van der Waals surface area (Å²) in [5.41, 5.74) is 1.40. The van der Waals surface area contributed by atoms with Gasteiger partial charge in [0.15, 0.2) is 0 Å². The van der Waals surface area contributed by atoms with Crippen LogP contribution in [0.25, 0.3) is 5.57 Å². The summed E-state index contributed by atoms with van der Waals surface area (Å²) in [6.45, 7) is 8.87. The Kier molecular flexibility index (Phi) is 6.07. The van der Waals surface area contributed by atoms with E-state index in [0.717, 1.165) is 11.1 Å². The third-order valence-corrected chi connectivity index (χ3v) is 2.04. The van der Waals surface area contributed by atoms with E-state index in [4.69, 9.17) is 0 Å². The van der Waals surface area contributed by atoms with Gasteiger partial charge in [0, 0.05) is 0 Å². The largest absolute Gasteiger partial charge is 0.412 e. The second kappa shape index (κ2) is 5.61. The van der Waals surface area contributed by atoms with E-state index in [0.29, 0.717) is 5.56 Å². The molecule has 0 bridgehead atoms. The average molecular weight is 216 g/mol. The van der Waals surface area contributed by atoms with Crippen LogP contribution in [0.15, 0.2) is 30.8 Å². The molecular weight excluding hydrogens is 198 g/mol. The Balaban J connectivity index is 0. The second-order valence-electron chi connectivity index (χ2n) is 3.83. The van der Waals surface area contributed by atoms with E-state index in [1.807, 2.05) is 25.1 Å². The maximum absolute atomic E-state index is 13.5. The first-order valence-corrected chi connectivity index (χ1v) is 4.36. The number of hydrogen-bond donors (Lipinski definition) is 0. The normalized spacial score (nSPS) is 9.87. The fourth-order valence-electron chi connectivity index (χ4n) is 1.15. The number of alkyl halides is 1. The van der Waals surface area contributed by atoms with Gasteiger partial charge in [-0.05, 0) is 38.0 Å². The second-order valence-corrected chi connectivity index (χ2v) is 3.83. The summed E-state index contributed by atoms with van der Waals surface area (Å²) in [6.07, 6.45) is 0. The minimum absolute atomic E-state index is 0. The van der Waals surface area contributed by atoms with Gasteiger partial charge in [-0.1, -0.05) is 30.4 Å². The maximum Gasteiger partial charge on any atom is 0.130 e. The standard InChI is InChI=1S/C12H15F.FH.H2O/c1-9(2)10-6-5-7-11(8-10)12(3,4)13;;/h5-8H,1H2,2-4H3;1H;1H2. The molecule has 1 rings (SSSR count). The Morgan fingerprint density at radius 3 is 2.27 bits per heavy atom. The molecule has 0 aliphatic heterocycles. The molecule has 1 aromatic carbocycles. The van der Waals surface area contributed by atoms with Crippen molar-refractivity contribution >= 4 is 5.57 Å². The van der Waals surface area contributed by atoms with Crippen molar-refractivity contribution in [2.24, 2.45) is 0 Å². The summed E-state index contributed by atoms with van der Waals surface area (Å²) in [6, 6.07) is 7.45. The zero-order valence-electron chi connectivity index (χ0n) is 9.30. The van der Waals surface area contributed by atoms with Crippen LogP contribution in [0.3, 0.4) is 0 Å². The molecule has 0 aliphatic carbocycles. The highest BCUT2D eigenvalue weighted by atomic mass is 19.1. The highest BCUT2D eigenvalue weighted by molar-refractivity contribution is 5.62. The van der Waals surface area contributed by atoms with Gasteiger partial charge in [0.1, 0.15) is 5.67 Å². The van der Waals surface area contributed by atoms with Crippen molar-refractivity contribution in [3.8, 4) is 0 Å². The smallest absolute Gasteiger partial charge is 0.130 e. The number of halogens is 2. The van der Waals surface area contributed by atoms with Crippen LogP contribution < -0.4 is 0 Å². The molecule has 15 heavy (non-hydrogen) atoms. The van der Waals surface area contributed by atoms with Crippen LogP contribution in [0.1, 0.15) is 31.9 Å². The lowest BCUT2D eigenvalue weighted by molar-refractivity contribution is 0.221. The molecule has 0 saturated carbocycles. The number of benzene rings is 1. The first-order chi connectivity index (χ1) is 5.91. The van der Waals surface area contributed by atoms with E-state index in [1.165, 1.54) is 0 Å². The molecule has 0 unspecified atom stereocenters. The Morgan fingerprint density at radius 1 is 1.33 bits per heavy atom. The number of allylic oxidation sites excluding steroid dienone is 1. The van der Waals surface area contributed by atoms with Gasteiger partial charge in [0.05, 0.1) is 0 Å². The van der Waals surface area contributed by atoms with Gasteiger partial charge in [-0.25, -0.2) is 4.39 Å². The minimum atomic E-state index is -1.27. The molecule has 3 heteroatoms. The molecule has 0 aliphatic rings. The van der Waals surface area contributed by atoms with Gasteiger partial charge in [0.2, 0.25) is 0 Å². The van der Waals surface area contributed by atoms with Crippen molar-refractivity contribution in [2.75, 3.05) is 0 Å². The molecule has 0 radical (unpaired) electrons. The predicted octanol–water partition coefficient (Wildman–Crippen LogP) is 3.25. The van der Waals surface area contributed by atoms with Crippen LogP contribution in [0.5, 0.6) is 0 Å². The van der Waals surface area contributed by atoms with Crippen molar-refractivity contribution in [1.29, 1.82) is 0 Å². The zero-order valence-corrected chi connectivity index (χ0v) is 9.30. The number of hydrogen-bond acceptors (Lipinski definition) is 0. The highest BCUT2D eigenvalue weighted by Gasteiger charge is 2.18. The molecule has 0 fully saturated rings. The third-order valence-electron chi connectivity index (χ3n) is 2.04. The quantitative estimate of drug-likeness (QED) is 0.726. The van der Waals surface area contributed by atoms with Gasteiger partial charge in [-0.15, -0.1) is 0 Å². The molecule has 1 aromatic rings. The van der Waals surface area contributed by atoms with Crippen molar-refractivity contribution in [3.63, 3.8) is 0 Å². The van der Waals surface area contributed by atoms with E-state index in [1.54, 1.807) is 19.9 Å². The Bertz CT molecular complexity index is 327. The van der Waals surface area contributed by atoms with Crippen molar-refractivity contribution in [2.45, 2.75) is 26.4 Å². The SMILES string of the molecule is C=C(C)c1cccc(C(C)(C)F)c1.F.O. The summed E-state index contributed by atoms with van der Waals surface area (Å²) in [7, 11) is 0. The summed E-state index contributed by atoms with van der Waals surface area (Å²) in [4.78, 5) is 0. The molecule has 0 heterocycles. The molecule has 1 nitrogen and oxygen atoms in total. The minimum Gasteiger partial charge on any atom is -0.412 e. The van der Waals surface area contributed by atoms with Gasteiger partial charge in [-0.2, -0.15) is 0 Å². The van der Waals surface area contributed by atoms with Crippen molar-refractivity contribution in [1.82, 2.24) is 0 Å². The van der Waals surface area contributed by atoms with Crippen LogP contribution in [0.4, 0.5) is 9.09 Å². The molecule has 0 aromatic heterocycles. The Morgan fingerprint density at radius 2 is 1.87 bits per heavy atom. The van der Waals surface area contributed by atoms with Crippen LogP contribution >= 0.6 is 0 Å². The predicted molar refractivity (Wildman–Crippen MR) is 61.4 cm³/mol. The van der Waals surface area contributed by atoms with Gasteiger partial charge >= 0.3 is 0 Å². The fourth-order valence-corrected chi connectivity index (χ4v) is 1.15. The molecule has 0 atom stereocenters. The van der Waals surface area contributed by atoms with Crippen LogP contribution in [-0.2, 0) is 5.67 Å². The Hall–Kier alpha value is -1.22. The van der Waals surface area contributed by atoms with E-state index >= 15 is 0 Å². The molecule has 2 N–H and O–H groups in total. The van der Waals surface area contributed by atoms with E-state index in [2.05, 4.69) is 6.58 Å².